The molecule has 1 saturated heterocycles. The van der Waals surface area contributed by atoms with Crippen LogP contribution in [0.1, 0.15) is 51.0 Å². The lowest BCUT2D eigenvalue weighted by molar-refractivity contribution is -0.123. The summed E-state index contributed by atoms with van der Waals surface area (Å²) in [5.41, 5.74) is 3.37. The molecule has 2 aliphatic rings. The van der Waals surface area contributed by atoms with E-state index in [0.717, 1.165) is 61.0 Å². The number of hydrogen-bond donors (Lipinski definition) is 0. The van der Waals surface area contributed by atoms with E-state index in [9.17, 15) is 4.79 Å². The van der Waals surface area contributed by atoms with Crippen LogP contribution < -0.4 is 4.74 Å². The van der Waals surface area contributed by atoms with E-state index in [-0.39, 0.29) is 11.9 Å². The molecule has 186 valence electrons. The molecular formula is C28H28ClN3O2S2. The Morgan fingerprint density at radius 1 is 1.19 bits per heavy atom. The Labute approximate surface area is 226 Å². The van der Waals surface area contributed by atoms with Crippen LogP contribution in [0.25, 0.3) is 23.0 Å². The molecule has 1 amide bonds. The van der Waals surface area contributed by atoms with Gasteiger partial charge in [0.15, 0.2) is 0 Å². The van der Waals surface area contributed by atoms with Crippen LogP contribution in [0.15, 0.2) is 59.6 Å². The van der Waals surface area contributed by atoms with Crippen molar-refractivity contribution < 1.29 is 9.53 Å². The number of rotatable bonds is 8. The molecule has 2 fully saturated rings. The van der Waals surface area contributed by atoms with Crippen molar-refractivity contribution in [3.05, 3.63) is 70.2 Å². The first-order valence-electron chi connectivity index (χ1n) is 12.4. The predicted molar refractivity (Wildman–Crippen MR) is 152 cm³/mol. The number of amides is 1. The highest BCUT2D eigenvalue weighted by atomic mass is 35.5. The zero-order valence-electron chi connectivity index (χ0n) is 20.2. The molecule has 1 saturated carbocycles. The minimum Gasteiger partial charge on any atom is -0.492 e. The van der Waals surface area contributed by atoms with Gasteiger partial charge in [0.25, 0.3) is 5.91 Å². The highest BCUT2D eigenvalue weighted by Crippen LogP contribution is 2.39. The van der Waals surface area contributed by atoms with Gasteiger partial charge < -0.3 is 4.74 Å². The zero-order valence-corrected chi connectivity index (χ0v) is 22.5. The standard InChI is InChI=1S/C28H28ClN3O2S2/c1-2-3-15-34-24-14-13-19(16-23(24)29)26-20(18-31(30-26)21-9-5-4-6-10-21)17-25-27(33)32(28(35)36-25)22-11-7-8-12-22/h4-6,9-10,13-14,16-18,22H,2-3,7-8,11-12,15H2,1H3/b25-17-. The van der Waals surface area contributed by atoms with Crippen molar-refractivity contribution in [2.45, 2.75) is 51.5 Å². The molecule has 5 nitrogen and oxygen atoms in total. The fourth-order valence-electron chi connectivity index (χ4n) is 4.62. The SMILES string of the molecule is CCCCOc1ccc(-c2nn(-c3ccccc3)cc2/C=C2\SC(=S)N(C3CCCC3)C2=O)cc1Cl. The van der Waals surface area contributed by atoms with Crippen LogP contribution in [0.3, 0.4) is 0 Å². The number of unbranched alkanes of at least 4 members (excludes halogenated alkanes) is 1. The smallest absolute Gasteiger partial charge is 0.266 e. The van der Waals surface area contributed by atoms with Crippen molar-refractivity contribution in [3.8, 4) is 22.7 Å². The predicted octanol–water partition coefficient (Wildman–Crippen LogP) is 7.52. The normalized spacial score (nSPS) is 17.5. The van der Waals surface area contributed by atoms with Crippen molar-refractivity contribution in [3.63, 3.8) is 0 Å². The first-order chi connectivity index (χ1) is 17.5. The zero-order chi connectivity index (χ0) is 25.1. The molecule has 0 unspecified atom stereocenters. The summed E-state index contributed by atoms with van der Waals surface area (Å²) in [4.78, 5) is 15.8. The summed E-state index contributed by atoms with van der Waals surface area (Å²) < 4.78 is 8.31. The molecule has 0 radical (unpaired) electrons. The number of benzene rings is 2. The summed E-state index contributed by atoms with van der Waals surface area (Å²) in [6, 6.07) is 15.9. The van der Waals surface area contributed by atoms with Crippen LogP contribution >= 0.6 is 35.6 Å². The maximum Gasteiger partial charge on any atom is 0.266 e. The Kier molecular flexibility index (Phi) is 7.79. The third-order valence-corrected chi connectivity index (χ3v) is 8.15. The highest BCUT2D eigenvalue weighted by molar-refractivity contribution is 8.26. The molecule has 0 spiro atoms. The number of halogens is 1. The van der Waals surface area contributed by atoms with E-state index in [2.05, 4.69) is 6.92 Å². The van der Waals surface area contributed by atoms with Crippen LogP contribution in [0.4, 0.5) is 0 Å². The molecule has 36 heavy (non-hydrogen) atoms. The lowest BCUT2D eigenvalue weighted by Gasteiger charge is -2.21. The van der Waals surface area contributed by atoms with Gasteiger partial charge in [0, 0.05) is 23.4 Å². The summed E-state index contributed by atoms with van der Waals surface area (Å²) in [5, 5.41) is 5.42. The van der Waals surface area contributed by atoms with E-state index in [1.54, 1.807) is 0 Å². The lowest BCUT2D eigenvalue weighted by atomic mass is 10.1. The topological polar surface area (TPSA) is 47.4 Å². The molecule has 2 heterocycles. The van der Waals surface area contributed by atoms with Crippen LogP contribution in [-0.4, -0.2) is 37.6 Å². The lowest BCUT2D eigenvalue weighted by Crippen LogP contribution is -2.36. The van der Waals surface area contributed by atoms with Crippen LogP contribution in [0.5, 0.6) is 5.75 Å². The molecule has 1 aliphatic carbocycles. The number of aromatic nitrogens is 2. The maximum atomic E-state index is 13.3. The van der Waals surface area contributed by atoms with Gasteiger partial charge in [0.1, 0.15) is 15.8 Å². The number of thiocarbonyl (C=S) groups is 1. The van der Waals surface area contributed by atoms with Crippen molar-refractivity contribution in [2.75, 3.05) is 6.61 Å². The first kappa shape index (κ1) is 25.1. The van der Waals surface area contributed by atoms with Crippen molar-refractivity contribution in [1.29, 1.82) is 0 Å². The second-order valence-corrected chi connectivity index (χ2v) is 11.1. The second-order valence-electron chi connectivity index (χ2n) is 9.05. The average Bonchev–Trinajstić information content (AvgIpc) is 3.61. The molecule has 1 aliphatic heterocycles. The quantitative estimate of drug-likeness (QED) is 0.169. The van der Waals surface area contributed by atoms with Gasteiger partial charge in [0.2, 0.25) is 0 Å². The second kappa shape index (κ2) is 11.2. The maximum absolute atomic E-state index is 13.3. The monoisotopic (exact) mass is 537 g/mol. The third kappa shape index (κ3) is 5.24. The number of hydrogen-bond acceptors (Lipinski definition) is 5. The summed E-state index contributed by atoms with van der Waals surface area (Å²) in [5.74, 6) is 0.656. The molecule has 0 bridgehead atoms. The van der Waals surface area contributed by atoms with E-state index < -0.39 is 0 Å². The van der Waals surface area contributed by atoms with Crippen molar-refractivity contribution in [2.24, 2.45) is 0 Å². The van der Waals surface area contributed by atoms with Gasteiger partial charge in [-0.25, -0.2) is 4.68 Å². The fraction of sp³-hybridized carbons (Fsp3) is 0.321. The molecule has 1 aromatic heterocycles. The van der Waals surface area contributed by atoms with Gasteiger partial charge in [0.05, 0.1) is 22.2 Å². The fourth-order valence-corrected chi connectivity index (χ4v) is 6.25. The molecular weight excluding hydrogens is 510 g/mol. The summed E-state index contributed by atoms with van der Waals surface area (Å²) >= 11 is 13.6. The molecule has 0 N–H and O–H groups in total. The van der Waals surface area contributed by atoms with Gasteiger partial charge in [-0.05, 0) is 55.7 Å². The van der Waals surface area contributed by atoms with E-state index in [4.69, 9.17) is 33.7 Å². The van der Waals surface area contributed by atoms with Gasteiger partial charge in [-0.3, -0.25) is 9.69 Å². The number of para-hydroxylation sites is 1. The molecule has 3 aromatic rings. The van der Waals surface area contributed by atoms with E-state index in [1.807, 2.05) is 70.4 Å². The number of thioether (sulfide) groups is 1. The molecule has 2 aromatic carbocycles. The van der Waals surface area contributed by atoms with E-state index in [0.29, 0.717) is 26.6 Å². The largest absolute Gasteiger partial charge is 0.492 e. The number of carbonyl (C=O) groups is 1. The van der Waals surface area contributed by atoms with Gasteiger partial charge in [-0.1, -0.05) is 80.0 Å². The van der Waals surface area contributed by atoms with Crippen LogP contribution in [0, 0.1) is 0 Å². The summed E-state index contributed by atoms with van der Waals surface area (Å²) in [6.07, 6.45) is 10.2. The minimum absolute atomic E-state index is 0.00647. The van der Waals surface area contributed by atoms with Gasteiger partial charge in [-0.15, -0.1) is 0 Å². The number of carbonyl (C=O) groups excluding carboxylic acids is 1. The number of ether oxygens (including phenoxy) is 1. The van der Waals surface area contributed by atoms with Gasteiger partial charge in [-0.2, -0.15) is 5.10 Å². The Hall–Kier alpha value is -2.61. The van der Waals surface area contributed by atoms with Crippen LogP contribution in [-0.2, 0) is 4.79 Å². The Balaban J connectivity index is 1.51. The van der Waals surface area contributed by atoms with E-state index >= 15 is 0 Å². The Bertz CT molecular complexity index is 1300. The molecule has 0 atom stereocenters. The summed E-state index contributed by atoms with van der Waals surface area (Å²) in [7, 11) is 0. The van der Waals surface area contributed by atoms with Gasteiger partial charge >= 0.3 is 0 Å². The van der Waals surface area contributed by atoms with Crippen molar-refractivity contribution in [1.82, 2.24) is 14.7 Å². The first-order valence-corrected chi connectivity index (χ1v) is 14.0. The average molecular weight is 538 g/mol. The van der Waals surface area contributed by atoms with Crippen molar-refractivity contribution >= 4 is 51.9 Å². The summed E-state index contributed by atoms with van der Waals surface area (Å²) in [6.45, 7) is 2.76. The minimum atomic E-state index is -0.00647. The highest BCUT2D eigenvalue weighted by Gasteiger charge is 2.38. The Morgan fingerprint density at radius 3 is 2.69 bits per heavy atom. The Morgan fingerprint density at radius 2 is 1.97 bits per heavy atom. The third-order valence-electron chi connectivity index (χ3n) is 6.52. The molecule has 5 rings (SSSR count). The number of nitrogens with zero attached hydrogens (tertiary/aromatic N) is 3. The van der Waals surface area contributed by atoms with E-state index in [1.165, 1.54) is 11.8 Å². The molecule has 8 heteroatoms. The van der Waals surface area contributed by atoms with Crippen LogP contribution in [0.2, 0.25) is 5.02 Å².